The van der Waals surface area contributed by atoms with E-state index in [2.05, 4.69) is 25.8 Å². The standard InChI is InChI=1S/C9H21NO/c1-4-7-10(8-5-2)11-9-6-3/h4-9H2,1-3H3. The van der Waals surface area contributed by atoms with E-state index in [0.29, 0.717) is 0 Å². The first-order valence-corrected chi connectivity index (χ1v) is 4.73. The van der Waals surface area contributed by atoms with Crippen LogP contribution < -0.4 is 0 Å². The molecule has 0 saturated carbocycles. The number of nitrogens with zero attached hydrogens (tertiary/aromatic N) is 1. The van der Waals surface area contributed by atoms with Crippen LogP contribution in [0.3, 0.4) is 0 Å². The molecule has 2 nitrogen and oxygen atoms in total. The normalized spacial score (nSPS) is 10.9. The minimum Gasteiger partial charge on any atom is -0.299 e. The molecule has 0 aromatic rings. The van der Waals surface area contributed by atoms with E-state index in [9.17, 15) is 0 Å². The van der Waals surface area contributed by atoms with Crippen molar-refractivity contribution < 1.29 is 4.84 Å². The zero-order valence-electron chi connectivity index (χ0n) is 8.10. The van der Waals surface area contributed by atoms with Gasteiger partial charge in [0.2, 0.25) is 0 Å². The van der Waals surface area contributed by atoms with Gasteiger partial charge in [0, 0.05) is 13.1 Å². The molecule has 68 valence electrons. The fourth-order valence-electron chi connectivity index (χ4n) is 0.960. The van der Waals surface area contributed by atoms with Crippen LogP contribution in [-0.4, -0.2) is 24.8 Å². The van der Waals surface area contributed by atoms with Crippen molar-refractivity contribution in [2.24, 2.45) is 0 Å². The molecule has 0 fully saturated rings. The zero-order valence-corrected chi connectivity index (χ0v) is 8.10. The van der Waals surface area contributed by atoms with Crippen molar-refractivity contribution in [3.63, 3.8) is 0 Å². The predicted molar refractivity (Wildman–Crippen MR) is 48.4 cm³/mol. The molecule has 0 heterocycles. The number of rotatable bonds is 7. The minimum absolute atomic E-state index is 0.861. The molecule has 11 heavy (non-hydrogen) atoms. The molecule has 0 amide bonds. The lowest BCUT2D eigenvalue weighted by Crippen LogP contribution is -2.26. The monoisotopic (exact) mass is 159 g/mol. The first-order chi connectivity index (χ1) is 5.35. The molecule has 0 aromatic carbocycles. The molecule has 2 heteroatoms. The van der Waals surface area contributed by atoms with Crippen LogP contribution in [0, 0.1) is 0 Å². The summed E-state index contributed by atoms with van der Waals surface area (Å²) < 4.78 is 0. The fourth-order valence-corrected chi connectivity index (χ4v) is 0.960. The Bertz CT molecular complexity index is 70.0. The maximum atomic E-state index is 5.51. The van der Waals surface area contributed by atoms with Crippen molar-refractivity contribution >= 4 is 0 Å². The summed E-state index contributed by atoms with van der Waals surface area (Å²) in [6.45, 7) is 9.48. The van der Waals surface area contributed by atoms with Gasteiger partial charge in [-0.1, -0.05) is 20.8 Å². The van der Waals surface area contributed by atoms with Crippen LogP contribution in [0.15, 0.2) is 0 Å². The maximum Gasteiger partial charge on any atom is 0.0682 e. The quantitative estimate of drug-likeness (QED) is 0.529. The molecule has 0 aromatic heterocycles. The van der Waals surface area contributed by atoms with Crippen LogP contribution in [0.5, 0.6) is 0 Å². The molecule has 0 spiro atoms. The highest BCUT2D eigenvalue weighted by atomic mass is 16.7. The van der Waals surface area contributed by atoms with Crippen LogP contribution in [0.25, 0.3) is 0 Å². The Morgan fingerprint density at radius 2 is 1.45 bits per heavy atom. The summed E-state index contributed by atoms with van der Waals surface area (Å²) in [5.41, 5.74) is 0. The highest BCUT2D eigenvalue weighted by Gasteiger charge is 2.00. The van der Waals surface area contributed by atoms with Gasteiger partial charge in [0.1, 0.15) is 0 Å². The smallest absolute Gasteiger partial charge is 0.0682 e. The molecule has 0 aliphatic carbocycles. The largest absolute Gasteiger partial charge is 0.299 e. The topological polar surface area (TPSA) is 12.5 Å². The van der Waals surface area contributed by atoms with Gasteiger partial charge in [0.05, 0.1) is 6.61 Å². The van der Waals surface area contributed by atoms with Gasteiger partial charge in [0.25, 0.3) is 0 Å². The lowest BCUT2D eigenvalue weighted by Gasteiger charge is -2.19. The Balaban J connectivity index is 3.34. The molecule has 0 aliphatic rings. The second kappa shape index (κ2) is 8.02. The Hall–Kier alpha value is -0.0800. The summed E-state index contributed by atoms with van der Waals surface area (Å²) in [7, 11) is 0. The lowest BCUT2D eigenvalue weighted by molar-refractivity contribution is -0.158. The second-order valence-corrected chi connectivity index (χ2v) is 2.76. The molecule has 0 aliphatic heterocycles. The summed E-state index contributed by atoms with van der Waals surface area (Å²) in [5.74, 6) is 0. The van der Waals surface area contributed by atoms with Crippen LogP contribution in [0.2, 0.25) is 0 Å². The lowest BCUT2D eigenvalue weighted by atomic mass is 10.4. The minimum atomic E-state index is 0.861. The second-order valence-electron chi connectivity index (χ2n) is 2.76. The first kappa shape index (κ1) is 10.9. The van der Waals surface area contributed by atoms with Crippen LogP contribution >= 0.6 is 0 Å². The van der Waals surface area contributed by atoms with Crippen molar-refractivity contribution in [3.8, 4) is 0 Å². The van der Waals surface area contributed by atoms with E-state index in [4.69, 9.17) is 4.84 Å². The van der Waals surface area contributed by atoms with Crippen molar-refractivity contribution in [2.45, 2.75) is 40.0 Å². The highest BCUT2D eigenvalue weighted by molar-refractivity contribution is 4.42. The number of hydrogen-bond acceptors (Lipinski definition) is 2. The van der Waals surface area contributed by atoms with E-state index >= 15 is 0 Å². The average molecular weight is 159 g/mol. The third-order valence-corrected chi connectivity index (χ3v) is 1.42. The van der Waals surface area contributed by atoms with E-state index < -0.39 is 0 Å². The highest BCUT2D eigenvalue weighted by Crippen LogP contribution is 1.95. The molecule has 0 atom stereocenters. The average Bonchev–Trinajstić information content (AvgIpc) is 2.01. The fraction of sp³-hybridized carbons (Fsp3) is 1.00. The van der Waals surface area contributed by atoms with Gasteiger partial charge in [-0.25, -0.2) is 0 Å². The molecule has 0 N–H and O–H groups in total. The van der Waals surface area contributed by atoms with Gasteiger partial charge in [0.15, 0.2) is 0 Å². The Morgan fingerprint density at radius 3 is 1.82 bits per heavy atom. The van der Waals surface area contributed by atoms with Crippen molar-refractivity contribution in [1.29, 1.82) is 0 Å². The summed E-state index contributed by atoms with van der Waals surface area (Å²) in [6, 6.07) is 0. The van der Waals surface area contributed by atoms with Gasteiger partial charge in [-0.15, -0.1) is 0 Å². The van der Waals surface area contributed by atoms with Crippen molar-refractivity contribution in [2.75, 3.05) is 19.7 Å². The van der Waals surface area contributed by atoms with E-state index in [1.54, 1.807) is 0 Å². The maximum absolute atomic E-state index is 5.51. The van der Waals surface area contributed by atoms with E-state index in [0.717, 1.165) is 26.1 Å². The molecule has 0 saturated heterocycles. The Labute approximate surface area is 70.5 Å². The van der Waals surface area contributed by atoms with E-state index in [1.165, 1.54) is 12.8 Å². The van der Waals surface area contributed by atoms with Crippen LogP contribution in [0.1, 0.15) is 40.0 Å². The van der Waals surface area contributed by atoms with Crippen molar-refractivity contribution in [3.05, 3.63) is 0 Å². The molecular weight excluding hydrogens is 138 g/mol. The van der Waals surface area contributed by atoms with Crippen LogP contribution in [-0.2, 0) is 4.84 Å². The molecule has 0 unspecified atom stereocenters. The van der Waals surface area contributed by atoms with Gasteiger partial charge in [-0.2, -0.15) is 5.06 Å². The molecule has 0 bridgehead atoms. The number of hydroxylamine groups is 2. The number of hydrogen-bond donors (Lipinski definition) is 0. The molecule has 0 radical (unpaired) electrons. The summed E-state index contributed by atoms with van der Waals surface area (Å²) in [5, 5.41) is 2.07. The van der Waals surface area contributed by atoms with E-state index in [1.807, 2.05) is 0 Å². The van der Waals surface area contributed by atoms with Gasteiger partial charge in [-0.3, -0.25) is 4.84 Å². The summed E-state index contributed by atoms with van der Waals surface area (Å²) in [6.07, 6.45) is 3.44. The Morgan fingerprint density at radius 1 is 0.909 bits per heavy atom. The van der Waals surface area contributed by atoms with Crippen LogP contribution in [0.4, 0.5) is 0 Å². The van der Waals surface area contributed by atoms with Gasteiger partial charge in [-0.05, 0) is 19.3 Å². The summed E-state index contributed by atoms with van der Waals surface area (Å²) in [4.78, 5) is 5.51. The van der Waals surface area contributed by atoms with Gasteiger partial charge < -0.3 is 0 Å². The zero-order chi connectivity index (χ0) is 8.53. The first-order valence-electron chi connectivity index (χ1n) is 4.73. The third-order valence-electron chi connectivity index (χ3n) is 1.42. The van der Waals surface area contributed by atoms with E-state index in [-0.39, 0.29) is 0 Å². The molecule has 0 rings (SSSR count). The van der Waals surface area contributed by atoms with Crippen molar-refractivity contribution in [1.82, 2.24) is 5.06 Å². The SMILES string of the molecule is CCCON(CCC)CCC. The third kappa shape index (κ3) is 6.32. The summed E-state index contributed by atoms with van der Waals surface area (Å²) >= 11 is 0. The Kier molecular flexibility index (Phi) is 7.96. The predicted octanol–water partition coefficient (Wildman–Crippen LogP) is 2.45. The van der Waals surface area contributed by atoms with Gasteiger partial charge >= 0.3 is 0 Å². The molecular formula is C9H21NO.